The number of hydrogen-bond acceptors (Lipinski definition) is 5. The van der Waals surface area contributed by atoms with Gasteiger partial charge in [0.25, 0.3) is 5.91 Å². The lowest BCUT2D eigenvalue weighted by molar-refractivity contribution is -0.137. The zero-order valence-electron chi connectivity index (χ0n) is 11.6. The van der Waals surface area contributed by atoms with Crippen LogP contribution in [0.2, 0.25) is 5.15 Å². The van der Waals surface area contributed by atoms with Crippen molar-refractivity contribution < 1.29 is 18.0 Å². The van der Waals surface area contributed by atoms with Crippen LogP contribution in [-0.2, 0) is 6.18 Å². The molecule has 5 nitrogen and oxygen atoms in total. The molecule has 0 saturated carbocycles. The minimum atomic E-state index is -4.49. The molecule has 0 spiro atoms. The van der Waals surface area contributed by atoms with Crippen LogP contribution in [0.15, 0.2) is 29.4 Å². The monoisotopic (exact) mass is 362 g/mol. The Labute approximate surface area is 138 Å². The number of anilines is 2. The van der Waals surface area contributed by atoms with Gasteiger partial charge in [0.05, 0.1) is 5.56 Å². The molecule has 3 N–H and O–H groups in total. The summed E-state index contributed by atoms with van der Waals surface area (Å²) in [5, 5.41) is 2.70. The molecule has 0 radical (unpaired) electrons. The van der Waals surface area contributed by atoms with Crippen molar-refractivity contribution >= 4 is 40.8 Å². The maximum Gasteiger partial charge on any atom is 0.416 e. The summed E-state index contributed by atoms with van der Waals surface area (Å²) in [7, 11) is 0. The van der Waals surface area contributed by atoms with Gasteiger partial charge >= 0.3 is 6.18 Å². The number of rotatable bonds is 4. The Kier molecular flexibility index (Phi) is 5.00. The Morgan fingerprint density at radius 1 is 1.35 bits per heavy atom. The number of aromatic nitrogens is 2. The molecule has 122 valence electrons. The normalized spacial score (nSPS) is 11.3. The van der Waals surface area contributed by atoms with E-state index in [1.54, 1.807) is 6.26 Å². The summed E-state index contributed by atoms with van der Waals surface area (Å²) in [5.74, 6) is -0.946. The van der Waals surface area contributed by atoms with E-state index in [0.29, 0.717) is 0 Å². The van der Waals surface area contributed by atoms with Crippen molar-refractivity contribution in [3.63, 3.8) is 0 Å². The third-order valence-corrected chi connectivity index (χ3v) is 3.55. The van der Waals surface area contributed by atoms with Crippen molar-refractivity contribution in [1.82, 2.24) is 9.97 Å². The number of primary amides is 1. The number of thioether (sulfide) groups is 1. The minimum absolute atomic E-state index is 0.0545. The molecule has 0 fully saturated rings. The Morgan fingerprint density at radius 3 is 2.61 bits per heavy atom. The number of carbonyl (C=O) groups is 1. The fourth-order valence-corrected chi connectivity index (χ4v) is 2.40. The third-order valence-electron chi connectivity index (χ3n) is 2.73. The number of amides is 1. The zero-order chi connectivity index (χ0) is 17.2. The molecule has 23 heavy (non-hydrogen) atoms. The van der Waals surface area contributed by atoms with E-state index in [4.69, 9.17) is 17.3 Å². The van der Waals surface area contributed by atoms with E-state index >= 15 is 0 Å². The Balaban J connectivity index is 2.47. The number of carbonyl (C=O) groups excluding carboxylic acids is 1. The average molecular weight is 363 g/mol. The first-order valence-corrected chi connectivity index (χ1v) is 7.68. The predicted octanol–water partition coefficient (Wildman–Crippen LogP) is 3.71. The van der Waals surface area contributed by atoms with E-state index in [2.05, 4.69) is 15.3 Å². The molecule has 10 heteroatoms. The summed E-state index contributed by atoms with van der Waals surface area (Å²) in [6.45, 7) is 0. The van der Waals surface area contributed by atoms with Gasteiger partial charge in [-0.25, -0.2) is 9.97 Å². The minimum Gasteiger partial charge on any atom is -0.365 e. The maximum absolute atomic E-state index is 12.7. The van der Waals surface area contributed by atoms with Crippen LogP contribution in [0.1, 0.15) is 15.9 Å². The molecular formula is C13H10ClF3N4OS. The summed E-state index contributed by atoms with van der Waals surface area (Å²) in [6.07, 6.45) is -2.80. The summed E-state index contributed by atoms with van der Waals surface area (Å²) in [4.78, 5) is 19.4. The number of halogens is 4. The first kappa shape index (κ1) is 17.4. The highest BCUT2D eigenvalue weighted by Crippen LogP contribution is 2.32. The number of nitrogens with two attached hydrogens (primary N) is 1. The van der Waals surface area contributed by atoms with Gasteiger partial charge in [-0.1, -0.05) is 29.4 Å². The van der Waals surface area contributed by atoms with E-state index in [-0.39, 0.29) is 27.4 Å². The highest BCUT2D eigenvalue weighted by atomic mass is 35.5. The second-order valence-electron chi connectivity index (χ2n) is 4.29. The van der Waals surface area contributed by atoms with E-state index in [1.165, 1.54) is 12.1 Å². The van der Waals surface area contributed by atoms with Crippen molar-refractivity contribution in [1.29, 1.82) is 0 Å². The highest BCUT2D eigenvalue weighted by molar-refractivity contribution is 7.98. The average Bonchev–Trinajstić information content (AvgIpc) is 2.45. The molecule has 0 aliphatic heterocycles. The van der Waals surface area contributed by atoms with Gasteiger partial charge < -0.3 is 11.1 Å². The van der Waals surface area contributed by atoms with E-state index in [9.17, 15) is 18.0 Å². The lowest BCUT2D eigenvalue weighted by Crippen LogP contribution is -2.16. The van der Waals surface area contributed by atoms with Crippen LogP contribution >= 0.6 is 23.4 Å². The molecule has 1 aromatic carbocycles. The second-order valence-corrected chi connectivity index (χ2v) is 5.42. The van der Waals surface area contributed by atoms with Crippen LogP contribution < -0.4 is 11.1 Å². The Bertz CT molecular complexity index is 754. The molecular weight excluding hydrogens is 353 g/mol. The quantitative estimate of drug-likeness (QED) is 0.492. The SMILES string of the molecule is CSc1nc(Cl)c(C(N)=O)c(Nc2cccc(C(F)(F)F)c2)n1. The lowest BCUT2D eigenvalue weighted by atomic mass is 10.2. The fraction of sp³-hybridized carbons (Fsp3) is 0.154. The van der Waals surface area contributed by atoms with Gasteiger partial charge in [-0.3, -0.25) is 4.79 Å². The zero-order valence-corrected chi connectivity index (χ0v) is 13.2. The summed E-state index contributed by atoms with van der Waals surface area (Å²) >= 11 is 7.05. The largest absolute Gasteiger partial charge is 0.416 e. The molecule has 0 saturated heterocycles. The number of nitrogens with zero attached hydrogens (tertiary/aromatic N) is 2. The summed E-state index contributed by atoms with van der Waals surface area (Å²) in [5.41, 5.74) is 4.28. The highest BCUT2D eigenvalue weighted by Gasteiger charge is 2.30. The first-order chi connectivity index (χ1) is 10.7. The van der Waals surface area contributed by atoms with E-state index < -0.39 is 17.6 Å². The molecule has 1 amide bonds. The molecule has 0 unspecified atom stereocenters. The maximum atomic E-state index is 12.7. The van der Waals surface area contributed by atoms with Crippen LogP contribution in [0, 0.1) is 0 Å². The first-order valence-electron chi connectivity index (χ1n) is 6.08. The number of benzene rings is 1. The van der Waals surface area contributed by atoms with Gasteiger partial charge in [-0.15, -0.1) is 0 Å². The molecule has 0 aliphatic carbocycles. The second kappa shape index (κ2) is 6.63. The van der Waals surface area contributed by atoms with Crippen molar-refractivity contribution in [3.8, 4) is 0 Å². The van der Waals surface area contributed by atoms with E-state index in [0.717, 1.165) is 23.9 Å². The van der Waals surface area contributed by atoms with Crippen LogP contribution in [0.4, 0.5) is 24.7 Å². The van der Waals surface area contributed by atoms with Crippen LogP contribution in [0.25, 0.3) is 0 Å². The van der Waals surface area contributed by atoms with Gasteiger partial charge in [-0.2, -0.15) is 13.2 Å². The van der Waals surface area contributed by atoms with Gasteiger partial charge in [0.2, 0.25) is 0 Å². The molecule has 0 bridgehead atoms. The van der Waals surface area contributed by atoms with Crippen molar-refractivity contribution in [2.24, 2.45) is 5.73 Å². The summed E-state index contributed by atoms with van der Waals surface area (Å²) in [6, 6.07) is 4.45. The van der Waals surface area contributed by atoms with Crippen LogP contribution in [-0.4, -0.2) is 22.1 Å². The smallest absolute Gasteiger partial charge is 0.365 e. The van der Waals surface area contributed by atoms with Gasteiger partial charge in [0, 0.05) is 5.69 Å². The third kappa shape index (κ3) is 4.05. The van der Waals surface area contributed by atoms with Crippen molar-refractivity contribution in [2.75, 3.05) is 11.6 Å². The van der Waals surface area contributed by atoms with E-state index in [1.807, 2.05) is 0 Å². The number of hydrogen-bond donors (Lipinski definition) is 2. The number of nitrogens with one attached hydrogen (secondary N) is 1. The standard InChI is InChI=1S/C13H10ClF3N4OS/c1-23-12-20-9(14)8(10(18)22)11(21-12)19-7-4-2-3-6(5-7)13(15,16)17/h2-5H,1H3,(H2,18,22)(H,19,20,21). The van der Waals surface area contributed by atoms with Crippen molar-refractivity contribution in [3.05, 3.63) is 40.5 Å². The van der Waals surface area contributed by atoms with Gasteiger partial charge in [0.15, 0.2) is 5.16 Å². The Hall–Kier alpha value is -2.00. The number of alkyl halides is 3. The molecule has 1 heterocycles. The van der Waals surface area contributed by atoms with Crippen LogP contribution in [0.3, 0.4) is 0 Å². The lowest BCUT2D eigenvalue weighted by Gasteiger charge is -2.13. The fourth-order valence-electron chi connectivity index (χ4n) is 1.72. The topological polar surface area (TPSA) is 80.9 Å². The Morgan fingerprint density at radius 2 is 2.04 bits per heavy atom. The molecule has 0 aliphatic rings. The molecule has 2 aromatic rings. The van der Waals surface area contributed by atoms with Gasteiger partial charge in [0.1, 0.15) is 16.5 Å². The molecule has 0 atom stereocenters. The van der Waals surface area contributed by atoms with Gasteiger partial charge in [-0.05, 0) is 24.5 Å². The molecule has 2 rings (SSSR count). The van der Waals surface area contributed by atoms with Crippen molar-refractivity contribution in [2.45, 2.75) is 11.3 Å². The van der Waals surface area contributed by atoms with Crippen LogP contribution in [0.5, 0.6) is 0 Å². The summed E-state index contributed by atoms with van der Waals surface area (Å²) < 4.78 is 38.2. The predicted molar refractivity (Wildman–Crippen MR) is 82.1 cm³/mol. The molecule has 1 aromatic heterocycles.